The number of hydrogen-bond acceptors (Lipinski definition) is 1. The van der Waals surface area contributed by atoms with Gasteiger partial charge in [0, 0.05) is 11.6 Å². The predicted octanol–water partition coefficient (Wildman–Crippen LogP) is 4.79. The minimum absolute atomic E-state index is 0.267. The summed E-state index contributed by atoms with van der Waals surface area (Å²) < 4.78 is 27.1. The Morgan fingerprint density at radius 3 is 2.10 bits per heavy atom. The van der Waals surface area contributed by atoms with Crippen molar-refractivity contribution in [1.29, 1.82) is 0 Å². The van der Waals surface area contributed by atoms with E-state index in [-0.39, 0.29) is 6.04 Å². The summed E-state index contributed by atoms with van der Waals surface area (Å²) in [6, 6.07) is 11.6. The van der Waals surface area contributed by atoms with E-state index in [1.165, 1.54) is 17.7 Å². The highest BCUT2D eigenvalue weighted by molar-refractivity contribution is 5.35. The van der Waals surface area contributed by atoms with E-state index in [1.54, 1.807) is 0 Å². The van der Waals surface area contributed by atoms with Gasteiger partial charge in [0.05, 0.1) is 6.04 Å². The Hall–Kier alpha value is -1.74. The van der Waals surface area contributed by atoms with Crippen LogP contribution in [0.4, 0.5) is 8.78 Å². The van der Waals surface area contributed by atoms with Gasteiger partial charge in [-0.1, -0.05) is 51.1 Å². The summed E-state index contributed by atoms with van der Waals surface area (Å²) >= 11 is 0. The first-order valence-electron chi connectivity index (χ1n) is 7.31. The lowest BCUT2D eigenvalue weighted by Crippen LogP contribution is -2.23. The van der Waals surface area contributed by atoms with Crippen LogP contribution in [0, 0.1) is 11.6 Å². The Bertz CT molecular complexity index is 591. The van der Waals surface area contributed by atoms with E-state index in [0.29, 0.717) is 18.0 Å². The summed E-state index contributed by atoms with van der Waals surface area (Å²) in [7, 11) is 0. The zero-order chi connectivity index (χ0) is 15.4. The predicted molar refractivity (Wildman–Crippen MR) is 82.4 cm³/mol. The third-order valence-electron chi connectivity index (χ3n) is 3.62. The van der Waals surface area contributed by atoms with Crippen LogP contribution in [-0.2, 0) is 0 Å². The zero-order valence-electron chi connectivity index (χ0n) is 12.7. The molecule has 0 radical (unpaired) electrons. The first-order valence-corrected chi connectivity index (χ1v) is 7.31. The highest BCUT2D eigenvalue weighted by Gasteiger charge is 2.17. The fourth-order valence-electron chi connectivity index (χ4n) is 2.42. The fraction of sp³-hybridized carbons (Fsp3) is 0.333. The van der Waals surface area contributed by atoms with Gasteiger partial charge in [0.25, 0.3) is 0 Å². The third-order valence-corrected chi connectivity index (χ3v) is 3.62. The molecule has 0 aliphatic carbocycles. The van der Waals surface area contributed by atoms with E-state index in [4.69, 9.17) is 0 Å². The van der Waals surface area contributed by atoms with Crippen molar-refractivity contribution in [2.75, 3.05) is 6.54 Å². The fourth-order valence-corrected chi connectivity index (χ4v) is 2.42. The average molecular weight is 289 g/mol. The molecule has 0 aliphatic rings. The lowest BCUT2D eigenvalue weighted by molar-refractivity contribution is 0.541. The van der Waals surface area contributed by atoms with Crippen molar-refractivity contribution >= 4 is 0 Å². The standard InChI is InChI=1S/C18H21F2N/c1-4-21-18(16-10-9-15(19)11-17(16)20)14-7-5-13(6-8-14)12(2)3/h5-12,18,21H,4H2,1-3H3. The van der Waals surface area contributed by atoms with Crippen molar-refractivity contribution in [3.05, 3.63) is 70.8 Å². The third kappa shape index (κ3) is 3.67. The number of hydrogen-bond donors (Lipinski definition) is 1. The Balaban J connectivity index is 2.38. The molecule has 2 rings (SSSR count). The van der Waals surface area contributed by atoms with E-state index in [9.17, 15) is 8.78 Å². The van der Waals surface area contributed by atoms with E-state index < -0.39 is 11.6 Å². The van der Waals surface area contributed by atoms with Crippen molar-refractivity contribution in [3.8, 4) is 0 Å². The van der Waals surface area contributed by atoms with Crippen LogP contribution in [-0.4, -0.2) is 6.54 Å². The molecule has 0 aromatic heterocycles. The summed E-state index contributed by atoms with van der Waals surface area (Å²) in [6.45, 7) is 6.94. The Morgan fingerprint density at radius 2 is 1.57 bits per heavy atom. The zero-order valence-corrected chi connectivity index (χ0v) is 12.7. The van der Waals surface area contributed by atoms with Crippen molar-refractivity contribution < 1.29 is 8.78 Å². The highest BCUT2D eigenvalue weighted by atomic mass is 19.1. The molecule has 21 heavy (non-hydrogen) atoms. The van der Waals surface area contributed by atoms with Crippen molar-refractivity contribution in [1.82, 2.24) is 5.32 Å². The average Bonchev–Trinajstić information content (AvgIpc) is 2.46. The molecular weight excluding hydrogens is 268 g/mol. The van der Waals surface area contributed by atoms with Gasteiger partial charge >= 0.3 is 0 Å². The summed E-state index contributed by atoms with van der Waals surface area (Å²) in [4.78, 5) is 0. The van der Waals surface area contributed by atoms with Gasteiger partial charge in [-0.15, -0.1) is 0 Å². The van der Waals surface area contributed by atoms with Gasteiger partial charge in [0.2, 0.25) is 0 Å². The number of benzene rings is 2. The van der Waals surface area contributed by atoms with Gasteiger partial charge in [-0.05, 0) is 29.7 Å². The largest absolute Gasteiger partial charge is 0.306 e. The van der Waals surface area contributed by atoms with Gasteiger partial charge in [-0.2, -0.15) is 0 Å². The van der Waals surface area contributed by atoms with Crippen molar-refractivity contribution in [2.45, 2.75) is 32.7 Å². The summed E-state index contributed by atoms with van der Waals surface area (Å²) in [5, 5.41) is 3.26. The molecule has 0 saturated heterocycles. The smallest absolute Gasteiger partial charge is 0.131 e. The van der Waals surface area contributed by atoms with Crippen molar-refractivity contribution in [3.63, 3.8) is 0 Å². The van der Waals surface area contributed by atoms with Gasteiger partial charge in [0.1, 0.15) is 11.6 Å². The van der Waals surface area contributed by atoms with Crippen LogP contribution in [0.1, 0.15) is 49.4 Å². The monoisotopic (exact) mass is 289 g/mol. The molecule has 0 amide bonds. The Kier molecular flexibility index (Phi) is 5.07. The highest BCUT2D eigenvalue weighted by Crippen LogP contribution is 2.26. The van der Waals surface area contributed by atoms with Crippen LogP contribution in [0.5, 0.6) is 0 Å². The summed E-state index contributed by atoms with van der Waals surface area (Å²) in [5.74, 6) is -0.616. The second-order valence-corrected chi connectivity index (χ2v) is 5.48. The quantitative estimate of drug-likeness (QED) is 0.834. The molecular formula is C18H21F2N. The van der Waals surface area contributed by atoms with Crippen LogP contribution in [0.15, 0.2) is 42.5 Å². The van der Waals surface area contributed by atoms with Gasteiger partial charge < -0.3 is 5.32 Å². The van der Waals surface area contributed by atoms with E-state index >= 15 is 0 Å². The second kappa shape index (κ2) is 6.81. The lowest BCUT2D eigenvalue weighted by Gasteiger charge is -2.20. The van der Waals surface area contributed by atoms with Gasteiger partial charge in [0.15, 0.2) is 0 Å². The maximum atomic E-state index is 14.0. The minimum Gasteiger partial charge on any atom is -0.306 e. The Labute approximate surface area is 125 Å². The number of halogens is 2. The van der Waals surface area contributed by atoms with Crippen molar-refractivity contribution in [2.24, 2.45) is 0 Å². The summed E-state index contributed by atoms with van der Waals surface area (Å²) in [5.41, 5.74) is 2.69. The van der Waals surface area contributed by atoms with Gasteiger partial charge in [-0.25, -0.2) is 8.78 Å². The molecule has 2 aromatic rings. The van der Waals surface area contributed by atoms with E-state index in [2.05, 4.69) is 31.3 Å². The maximum absolute atomic E-state index is 14.0. The normalized spacial score (nSPS) is 12.7. The number of rotatable bonds is 5. The molecule has 3 heteroatoms. The van der Waals surface area contributed by atoms with Crippen LogP contribution in [0.3, 0.4) is 0 Å². The maximum Gasteiger partial charge on any atom is 0.131 e. The first kappa shape index (κ1) is 15.6. The molecule has 1 unspecified atom stereocenters. The Morgan fingerprint density at radius 1 is 0.952 bits per heavy atom. The molecule has 1 N–H and O–H groups in total. The molecule has 0 bridgehead atoms. The lowest BCUT2D eigenvalue weighted by atomic mass is 9.95. The van der Waals surface area contributed by atoms with E-state index in [0.717, 1.165) is 11.6 Å². The van der Waals surface area contributed by atoms with Crippen LogP contribution < -0.4 is 5.32 Å². The molecule has 1 nitrogen and oxygen atoms in total. The molecule has 0 heterocycles. The minimum atomic E-state index is -0.554. The number of nitrogens with one attached hydrogen (secondary N) is 1. The second-order valence-electron chi connectivity index (χ2n) is 5.48. The molecule has 2 aromatic carbocycles. The topological polar surface area (TPSA) is 12.0 Å². The molecule has 0 fully saturated rings. The SMILES string of the molecule is CCNC(c1ccc(C(C)C)cc1)c1ccc(F)cc1F. The molecule has 0 spiro atoms. The van der Waals surface area contributed by atoms with Gasteiger partial charge in [-0.3, -0.25) is 0 Å². The molecule has 0 aliphatic heterocycles. The molecule has 112 valence electrons. The summed E-state index contributed by atoms with van der Waals surface area (Å²) in [6.07, 6.45) is 0. The molecule has 0 saturated carbocycles. The van der Waals surface area contributed by atoms with Crippen LogP contribution in [0.25, 0.3) is 0 Å². The first-order chi connectivity index (χ1) is 10.0. The van der Waals surface area contributed by atoms with Crippen LogP contribution >= 0.6 is 0 Å². The van der Waals surface area contributed by atoms with E-state index in [1.807, 2.05) is 19.1 Å². The molecule has 1 atom stereocenters. The van der Waals surface area contributed by atoms with Crippen LogP contribution in [0.2, 0.25) is 0 Å².